The first-order valence-corrected chi connectivity index (χ1v) is 29.4. The lowest BCUT2D eigenvalue weighted by molar-refractivity contribution is 0.484. The Morgan fingerprint density at radius 1 is 0.271 bits per heavy atom. The van der Waals surface area contributed by atoms with Gasteiger partial charge in [0.25, 0.3) is 0 Å². The van der Waals surface area contributed by atoms with E-state index < -0.39 is 0 Å². The first-order chi connectivity index (χ1) is 41.4. The Kier molecular flexibility index (Phi) is 11.2. The van der Waals surface area contributed by atoms with Gasteiger partial charge in [-0.15, -0.1) is 0 Å². The molecule has 10 aromatic carbocycles. The summed E-state index contributed by atoms with van der Waals surface area (Å²) in [7, 11) is 0. The summed E-state index contributed by atoms with van der Waals surface area (Å²) in [6.45, 7) is 13.5. The summed E-state index contributed by atoms with van der Waals surface area (Å²) in [6, 6.07) is 88.0. The summed E-state index contributed by atoms with van der Waals surface area (Å²) in [5, 5.41) is 9.42. The molecule has 0 aliphatic carbocycles. The molecule has 0 radical (unpaired) electrons. The van der Waals surface area contributed by atoms with Crippen molar-refractivity contribution in [3.8, 4) is 56.8 Å². The first kappa shape index (κ1) is 50.2. The van der Waals surface area contributed by atoms with E-state index in [9.17, 15) is 0 Å². The van der Waals surface area contributed by atoms with E-state index in [1.54, 1.807) is 0 Å². The summed E-state index contributed by atoms with van der Waals surface area (Å²) in [6.07, 6.45) is 3.88. The van der Waals surface area contributed by atoms with Crippen LogP contribution in [0, 0.1) is 0 Å². The predicted octanol–water partition coefficient (Wildman–Crippen LogP) is 20.6. The molecule has 0 bridgehead atoms. The van der Waals surface area contributed by atoms with Gasteiger partial charge in [-0.05, 0) is 178 Å². The van der Waals surface area contributed by atoms with E-state index in [0.717, 1.165) is 100 Å². The summed E-state index contributed by atoms with van der Waals surface area (Å²) in [5.41, 5.74) is 18.1. The molecule has 6 heterocycles. The normalized spacial score (nSPS) is 12.4. The number of para-hydroxylation sites is 4. The molecule has 7 heteroatoms. The average Bonchev–Trinajstić information content (AvgIpc) is 2.17. The molecule has 0 saturated carbocycles. The zero-order chi connectivity index (χ0) is 57.3. The number of aromatic nitrogens is 6. The van der Waals surface area contributed by atoms with Gasteiger partial charge in [-0.25, -0.2) is 9.97 Å². The zero-order valence-corrected chi connectivity index (χ0v) is 48.3. The molecule has 16 aromatic rings. The zero-order valence-electron chi connectivity index (χ0n) is 48.3. The molecule has 6 aromatic heterocycles. The van der Waals surface area contributed by atoms with E-state index in [-0.39, 0.29) is 10.8 Å². The number of hydrogen-bond acceptors (Lipinski definition) is 3. The molecule has 0 aliphatic rings. The van der Waals surface area contributed by atoms with Crippen LogP contribution in [0.2, 0.25) is 0 Å². The molecule has 7 nitrogen and oxygen atoms in total. The minimum absolute atomic E-state index is 0.0772. The highest BCUT2D eigenvalue weighted by Gasteiger charge is 2.23. The second-order valence-electron chi connectivity index (χ2n) is 24.7. The van der Waals surface area contributed by atoms with Gasteiger partial charge in [0.15, 0.2) is 0 Å². The second kappa shape index (κ2) is 19.0. The minimum Gasteiger partial charge on any atom is -0.457 e. The van der Waals surface area contributed by atoms with Gasteiger partial charge in [-0.3, -0.25) is 9.13 Å². The highest BCUT2D eigenvalue weighted by Crippen LogP contribution is 2.43. The molecule has 0 aliphatic heterocycles. The average molecular weight is 1100 g/mol. The molecular formula is C78H60N6O. The largest absolute Gasteiger partial charge is 0.457 e. The fourth-order valence-electron chi connectivity index (χ4n) is 13.1. The van der Waals surface area contributed by atoms with Crippen LogP contribution in [0.3, 0.4) is 0 Å². The Morgan fingerprint density at radius 2 is 0.600 bits per heavy atom. The van der Waals surface area contributed by atoms with Crippen LogP contribution in [0.4, 0.5) is 0 Å². The predicted molar refractivity (Wildman–Crippen MR) is 354 cm³/mol. The molecule has 85 heavy (non-hydrogen) atoms. The first-order valence-electron chi connectivity index (χ1n) is 29.4. The summed E-state index contributed by atoms with van der Waals surface area (Å²) in [5.74, 6) is 3.18. The number of rotatable bonds is 8. The number of fused-ring (bicyclic) bond motifs is 12. The van der Waals surface area contributed by atoms with Crippen LogP contribution in [0.25, 0.3) is 132 Å². The van der Waals surface area contributed by atoms with Crippen molar-refractivity contribution in [1.82, 2.24) is 28.2 Å². The third-order valence-electron chi connectivity index (χ3n) is 17.4. The molecule has 0 spiro atoms. The molecule has 0 atom stereocenters. The van der Waals surface area contributed by atoms with Gasteiger partial charge >= 0.3 is 0 Å². The lowest BCUT2D eigenvalue weighted by atomic mass is 9.88. The van der Waals surface area contributed by atoms with Crippen LogP contribution in [-0.2, 0) is 10.8 Å². The smallest absolute Gasteiger partial charge is 0.137 e. The number of nitrogens with zero attached hydrogens (tertiary/aromatic N) is 6. The quantitative estimate of drug-likeness (QED) is 0.152. The van der Waals surface area contributed by atoms with Gasteiger partial charge in [0.05, 0.1) is 44.1 Å². The van der Waals surface area contributed by atoms with Crippen LogP contribution in [-0.4, -0.2) is 28.2 Å². The molecule has 0 fully saturated rings. The van der Waals surface area contributed by atoms with Gasteiger partial charge in [-0.1, -0.05) is 139 Å². The lowest BCUT2D eigenvalue weighted by Gasteiger charge is -2.20. The lowest BCUT2D eigenvalue weighted by Crippen LogP contribution is -2.12. The summed E-state index contributed by atoms with van der Waals surface area (Å²) in [4.78, 5) is 10.1. The standard InChI is InChI=1S/C78H60N6O/c1-77(2,3)53-37-39-79-75(45-53)83-71-35-27-51(49-25-33-69-63(41-49)59-21-13-15-23-67(59)81(69)55-17-9-7-10-18-55)43-65(71)61-31-29-57(47-73(61)83)85-58-30-32-62-66-44-52(28-36-72(66)84(74(62)48-58)76-46-54(38-40-80-76)78(4,5)6)50-26-34-70-64(42-50)60-22-14-16-24-68(60)82(70)56-19-11-8-12-20-56/h7-48H,1-6H3. The Morgan fingerprint density at radius 3 is 0.976 bits per heavy atom. The van der Waals surface area contributed by atoms with Crippen molar-refractivity contribution >= 4 is 87.2 Å². The third kappa shape index (κ3) is 8.24. The number of pyridine rings is 2. The minimum atomic E-state index is -0.0772. The van der Waals surface area contributed by atoms with Crippen LogP contribution in [0.15, 0.2) is 255 Å². The van der Waals surface area contributed by atoms with Crippen LogP contribution in [0.5, 0.6) is 11.5 Å². The van der Waals surface area contributed by atoms with Crippen molar-refractivity contribution in [1.29, 1.82) is 0 Å². The Balaban J connectivity index is 0.826. The van der Waals surface area contributed by atoms with Gasteiger partial charge in [0.2, 0.25) is 0 Å². The van der Waals surface area contributed by atoms with E-state index in [2.05, 4.69) is 302 Å². The molecule has 0 amide bonds. The summed E-state index contributed by atoms with van der Waals surface area (Å²) < 4.78 is 16.4. The fourth-order valence-corrected chi connectivity index (χ4v) is 13.1. The second-order valence-corrected chi connectivity index (χ2v) is 24.7. The van der Waals surface area contributed by atoms with Gasteiger partial charge < -0.3 is 13.9 Å². The van der Waals surface area contributed by atoms with E-state index in [4.69, 9.17) is 14.7 Å². The van der Waals surface area contributed by atoms with Crippen molar-refractivity contribution < 1.29 is 4.74 Å². The van der Waals surface area contributed by atoms with Crippen molar-refractivity contribution in [2.75, 3.05) is 0 Å². The molecule has 0 N–H and O–H groups in total. The maximum absolute atomic E-state index is 7.06. The van der Waals surface area contributed by atoms with Crippen molar-refractivity contribution in [2.45, 2.75) is 52.4 Å². The SMILES string of the molecule is CC(C)(C)c1ccnc(-n2c3ccc(-c4ccc5c(c4)c4ccccc4n5-c4ccccc4)cc3c3ccc(Oc4ccc5c6cc(-c7ccc8c(c7)c7ccccc7n8-c7ccccc7)ccc6n(-c6cc(C(C)(C)C)ccn6)c5c4)cc32)c1. The maximum Gasteiger partial charge on any atom is 0.137 e. The number of ether oxygens (including phenoxy) is 1. The van der Waals surface area contributed by atoms with Crippen molar-refractivity contribution in [2.24, 2.45) is 0 Å². The highest BCUT2D eigenvalue weighted by molar-refractivity contribution is 6.15. The topological polar surface area (TPSA) is 54.7 Å². The van der Waals surface area contributed by atoms with Crippen LogP contribution < -0.4 is 4.74 Å². The van der Waals surface area contributed by atoms with Gasteiger partial charge in [0, 0.05) is 79.0 Å². The van der Waals surface area contributed by atoms with E-state index >= 15 is 0 Å². The highest BCUT2D eigenvalue weighted by atomic mass is 16.5. The molecule has 0 saturated heterocycles. The van der Waals surface area contributed by atoms with E-state index in [0.29, 0.717) is 0 Å². The fraction of sp³-hybridized carbons (Fsp3) is 0.103. The number of benzene rings is 10. The summed E-state index contributed by atoms with van der Waals surface area (Å²) >= 11 is 0. The van der Waals surface area contributed by atoms with Crippen molar-refractivity contribution in [3.05, 3.63) is 266 Å². The van der Waals surface area contributed by atoms with Crippen molar-refractivity contribution in [3.63, 3.8) is 0 Å². The van der Waals surface area contributed by atoms with E-state index in [1.165, 1.54) is 54.7 Å². The van der Waals surface area contributed by atoms with Gasteiger partial charge in [-0.2, -0.15) is 0 Å². The number of hydrogen-bond donors (Lipinski definition) is 0. The van der Waals surface area contributed by atoms with E-state index in [1.807, 2.05) is 12.4 Å². The molecular weight excluding hydrogens is 1040 g/mol. The Bertz CT molecular complexity index is 5020. The Hall–Kier alpha value is -10.5. The molecule has 16 rings (SSSR count). The third-order valence-corrected chi connectivity index (χ3v) is 17.4. The Labute approximate surface area is 492 Å². The maximum atomic E-state index is 7.06. The van der Waals surface area contributed by atoms with Crippen LogP contribution in [0.1, 0.15) is 52.7 Å². The van der Waals surface area contributed by atoms with Crippen LogP contribution >= 0.6 is 0 Å². The molecule has 0 unspecified atom stereocenters. The molecule has 408 valence electrons. The van der Waals surface area contributed by atoms with Gasteiger partial charge in [0.1, 0.15) is 23.1 Å². The monoisotopic (exact) mass is 1100 g/mol.